The van der Waals surface area contributed by atoms with Crippen molar-refractivity contribution in [1.82, 2.24) is 10.0 Å². The number of rotatable bonds is 6. The van der Waals surface area contributed by atoms with E-state index in [2.05, 4.69) is 10.0 Å². The molecule has 1 aliphatic heterocycles. The van der Waals surface area contributed by atoms with E-state index in [0.29, 0.717) is 19.0 Å². The Kier molecular flexibility index (Phi) is 4.44. The second-order valence-corrected chi connectivity index (χ2v) is 7.09. The number of hydrogen-bond acceptors (Lipinski definition) is 5. The van der Waals surface area contributed by atoms with Gasteiger partial charge in [0.15, 0.2) is 0 Å². The van der Waals surface area contributed by atoms with Gasteiger partial charge in [0, 0.05) is 19.1 Å². The summed E-state index contributed by atoms with van der Waals surface area (Å²) < 4.78 is 37.9. The lowest BCUT2D eigenvalue weighted by atomic mass is 10.3. The monoisotopic (exact) mass is 312 g/mol. The average molecular weight is 312 g/mol. The normalized spacial score (nSPS) is 23.0. The third kappa shape index (κ3) is 4.16. The van der Waals surface area contributed by atoms with Crippen LogP contribution in [0.5, 0.6) is 5.75 Å². The van der Waals surface area contributed by atoms with E-state index >= 15 is 0 Å². The van der Waals surface area contributed by atoms with Gasteiger partial charge in [0.05, 0.1) is 11.5 Å². The molecule has 3 rings (SSSR count). The number of nitrogens with one attached hydrogen (secondary N) is 2. The van der Waals surface area contributed by atoms with Gasteiger partial charge in [0.1, 0.15) is 18.5 Å². The number of ether oxygens (including phenoxy) is 2. The van der Waals surface area contributed by atoms with Crippen LogP contribution in [0.4, 0.5) is 0 Å². The van der Waals surface area contributed by atoms with Crippen LogP contribution in [0.1, 0.15) is 12.8 Å². The van der Waals surface area contributed by atoms with Gasteiger partial charge in [-0.2, -0.15) is 0 Å². The van der Waals surface area contributed by atoms with Crippen molar-refractivity contribution >= 4 is 10.0 Å². The summed E-state index contributed by atoms with van der Waals surface area (Å²) in [5, 5.41) is 3.23. The van der Waals surface area contributed by atoms with Crippen molar-refractivity contribution in [3.63, 3.8) is 0 Å². The molecule has 2 N–H and O–H groups in total. The minimum atomic E-state index is -3.39. The first-order valence-corrected chi connectivity index (χ1v) is 8.69. The Morgan fingerprint density at radius 2 is 2.05 bits per heavy atom. The Bertz CT molecular complexity index is 563. The summed E-state index contributed by atoms with van der Waals surface area (Å²) in [5.41, 5.74) is 0. The predicted molar refractivity (Wildman–Crippen MR) is 77.9 cm³/mol. The zero-order valence-corrected chi connectivity index (χ0v) is 12.6. The van der Waals surface area contributed by atoms with Crippen molar-refractivity contribution in [3.8, 4) is 5.75 Å². The third-order valence-corrected chi connectivity index (χ3v) is 5.01. The smallest absolute Gasteiger partial charge is 0.240 e. The van der Waals surface area contributed by atoms with E-state index in [0.717, 1.165) is 25.9 Å². The molecule has 116 valence electrons. The van der Waals surface area contributed by atoms with E-state index in [-0.39, 0.29) is 17.0 Å². The molecule has 7 heteroatoms. The molecule has 21 heavy (non-hydrogen) atoms. The maximum Gasteiger partial charge on any atom is 0.240 e. The van der Waals surface area contributed by atoms with Gasteiger partial charge >= 0.3 is 0 Å². The Morgan fingerprint density at radius 3 is 2.67 bits per heavy atom. The van der Waals surface area contributed by atoms with E-state index in [4.69, 9.17) is 9.47 Å². The molecule has 2 aliphatic rings. The molecule has 1 saturated heterocycles. The van der Waals surface area contributed by atoms with Gasteiger partial charge in [0.25, 0.3) is 0 Å². The Labute approximate surface area is 124 Å². The third-order valence-electron chi connectivity index (χ3n) is 3.47. The first-order chi connectivity index (χ1) is 10.1. The van der Waals surface area contributed by atoms with Gasteiger partial charge in [0.2, 0.25) is 10.0 Å². The number of benzene rings is 1. The second-order valence-electron chi connectivity index (χ2n) is 5.37. The van der Waals surface area contributed by atoms with Crippen LogP contribution in [0.25, 0.3) is 0 Å². The average Bonchev–Trinajstić information content (AvgIpc) is 3.30. The van der Waals surface area contributed by atoms with E-state index < -0.39 is 10.0 Å². The van der Waals surface area contributed by atoms with Gasteiger partial charge in [-0.05, 0) is 37.1 Å². The Balaban J connectivity index is 1.55. The van der Waals surface area contributed by atoms with Gasteiger partial charge < -0.3 is 14.8 Å². The van der Waals surface area contributed by atoms with E-state index in [1.54, 1.807) is 24.3 Å². The van der Waals surface area contributed by atoms with Crippen molar-refractivity contribution in [2.24, 2.45) is 0 Å². The molecule has 1 aromatic carbocycles. The largest absolute Gasteiger partial charge is 0.491 e. The van der Waals surface area contributed by atoms with Gasteiger partial charge in [-0.15, -0.1) is 0 Å². The maximum atomic E-state index is 12.0. The molecular weight excluding hydrogens is 292 g/mol. The fraction of sp³-hybridized carbons (Fsp3) is 0.571. The number of sulfonamides is 1. The van der Waals surface area contributed by atoms with Gasteiger partial charge in [-0.3, -0.25) is 0 Å². The summed E-state index contributed by atoms with van der Waals surface area (Å²) in [6.07, 6.45) is 1.89. The van der Waals surface area contributed by atoms with Crippen molar-refractivity contribution < 1.29 is 17.9 Å². The summed E-state index contributed by atoms with van der Waals surface area (Å²) in [7, 11) is -3.39. The first-order valence-electron chi connectivity index (χ1n) is 7.21. The van der Waals surface area contributed by atoms with Crippen molar-refractivity contribution in [1.29, 1.82) is 0 Å². The molecule has 1 aliphatic carbocycles. The van der Waals surface area contributed by atoms with Crippen LogP contribution >= 0.6 is 0 Å². The van der Waals surface area contributed by atoms with Crippen LogP contribution in [0.15, 0.2) is 29.2 Å². The Hall–Kier alpha value is -1.15. The molecule has 1 heterocycles. The highest BCUT2D eigenvalue weighted by molar-refractivity contribution is 7.89. The fourth-order valence-electron chi connectivity index (χ4n) is 2.12. The van der Waals surface area contributed by atoms with Gasteiger partial charge in [-0.25, -0.2) is 13.1 Å². The van der Waals surface area contributed by atoms with E-state index in [9.17, 15) is 8.42 Å². The minimum absolute atomic E-state index is 0.0405. The second kappa shape index (κ2) is 6.31. The number of morpholine rings is 1. The molecule has 6 nitrogen and oxygen atoms in total. The molecule has 0 radical (unpaired) electrons. The van der Waals surface area contributed by atoms with Crippen LogP contribution in [-0.2, 0) is 14.8 Å². The zero-order valence-electron chi connectivity index (χ0n) is 11.7. The molecule has 2 fully saturated rings. The number of hydrogen-bond donors (Lipinski definition) is 2. The molecule has 1 unspecified atom stereocenters. The van der Waals surface area contributed by atoms with E-state index in [1.165, 1.54) is 0 Å². The summed E-state index contributed by atoms with van der Waals surface area (Å²) in [6, 6.07) is 6.61. The first kappa shape index (κ1) is 14.8. The topological polar surface area (TPSA) is 76.7 Å². The fourth-order valence-corrected chi connectivity index (χ4v) is 3.42. The van der Waals surface area contributed by atoms with Crippen LogP contribution in [0, 0.1) is 0 Å². The lowest BCUT2D eigenvalue weighted by Gasteiger charge is -2.23. The molecule has 1 atom stereocenters. The predicted octanol–water partition coefficient (Wildman–Crippen LogP) is 0.495. The summed E-state index contributed by atoms with van der Waals surface area (Å²) >= 11 is 0. The van der Waals surface area contributed by atoms with Crippen molar-refractivity contribution in [3.05, 3.63) is 24.3 Å². The van der Waals surface area contributed by atoms with E-state index in [1.807, 2.05) is 0 Å². The minimum Gasteiger partial charge on any atom is -0.491 e. The van der Waals surface area contributed by atoms with Crippen LogP contribution in [0.2, 0.25) is 0 Å². The molecule has 0 aromatic heterocycles. The lowest BCUT2D eigenvalue weighted by Crippen LogP contribution is -2.41. The standard InChI is InChI=1S/C14H20N2O4S/c17-21(18,16-11-1-2-11)14-5-3-12(4-6-14)20-10-13-9-15-7-8-19-13/h3-6,11,13,15-16H,1-2,7-10H2. The van der Waals surface area contributed by atoms with Crippen LogP contribution in [0.3, 0.4) is 0 Å². The maximum absolute atomic E-state index is 12.0. The highest BCUT2D eigenvalue weighted by Gasteiger charge is 2.27. The van der Waals surface area contributed by atoms with Crippen LogP contribution in [-0.4, -0.2) is 46.9 Å². The highest BCUT2D eigenvalue weighted by Crippen LogP contribution is 2.23. The zero-order chi connectivity index (χ0) is 14.7. The lowest BCUT2D eigenvalue weighted by molar-refractivity contribution is 0.000184. The molecule has 0 spiro atoms. The summed E-state index contributed by atoms with van der Waals surface area (Å²) in [6.45, 7) is 2.80. The van der Waals surface area contributed by atoms with Crippen molar-refractivity contribution in [2.45, 2.75) is 29.9 Å². The molecule has 0 amide bonds. The summed E-state index contributed by atoms with van der Waals surface area (Å²) in [4.78, 5) is 0.275. The quantitative estimate of drug-likeness (QED) is 0.800. The Morgan fingerprint density at radius 1 is 1.29 bits per heavy atom. The molecule has 0 bridgehead atoms. The SMILES string of the molecule is O=S(=O)(NC1CC1)c1ccc(OCC2CNCCO2)cc1. The van der Waals surface area contributed by atoms with Crippen molar-refractivity contribution in [2.75, 3.05) is 26.3 Å². The summed E-state index contributed by atoms with van der Waals surface area (Å²) in [5.74, 6) is 0.648. The highest BCUT2D eigenvalue weighted by atomic mass is 32.2. The van der Waals surface area contributed by atoms with Crippen LogP contribution < -0.4 is 14.8 Å². The molecule has 1 aromatic rings. The van der Waals surface area contributed by atoms with Gasteiger partial charge in [-0.1, -0.05) is 0 Å². The molecular formula is C14H20N2O4S. The molecule has 1 saturated carbocycles.